The van der Waals surface area contributed by atoms with Crippen LogP contribution in [0.25, 0.3) is 0 Å². The van der Waals surface area contributed by atoms with Crippen molar-refractivity contribution in [2.75, 3.05) is 5.32 Å². The van der Waals surface area contributed by atoms with E-state index >= 15 is 0 Å². The summed E-state index contributed by atoms with van der Waals surface area (Å²) in [4.78, 5) is 0. The number of hydrogen-bond acceptors (Lipinski definition) is 5. The molecule has 0 saturated carbocycles. The van der Waals surface area contributed by atoms with E-state index in [9.17, 15) is 0 Å². The molecule has 2 saturated heterocycles. The average Bonchev–Trinajstić information content (AvgIpc) is 3.22. The van der Waals surface area contributed by atoms with E-state index in [4.69, 9.17) is 18.6 Å². The summed E-state index contributed by atoms with van der Waals surface area (Å²) in [7, 11) is -0.875. The van der Waals surface area contributed by atoms with Gasteiger partial charge < -0.3 is 23.9 Å². The van der Waals surface area contributed by atoms with Crippen molar-refractivity contribution in [3.05, 3.63) is 40.8 Å². The fourth-order valence-electron chi connectivity index (χ4n) is 4.49. The zero-order valence-electron chi connectivity index (χ0n) is 20.6. The van der Waals surface area contributed by atoms with Crippen LogP contribution in [-0.4, -0.2) is 42.7 Å². The van der Waals surface area contributed by atoms with Crippen molar-refractivity contribution >= 4 is 19.9 Å². The maximum atomic E-state index is 6.55. The number of para-hydroxylation sites is 1. The lowest BCUT2D eigenvalue weighted by Crippen LogP contribution is -2.41. The fraction of sp³-hybridized carbons (Fsp3) is 0.667. The van der Waals surface area contributed by atoms with Gasteiger partial charge in [-0.2, -0.15) is 0 Å². The molecule has 1 aromatic rings. The summed E-state index contributed by atoms with van der Waals surface area (Å²) < 4.78 is 26.1. The lowest BCUT2D eigenvalue weighted by Gasteiger charge is -2.32. The highest BCUT2D eigenvalue weighted by Crippen LogP contribution is 2.45. The molecule has 1 unspecified atom stereocenters. The molecule has 4 rings (SSSR count). The second-order valence-corrected chi connectivity index (χ2v) is 11.1. The number of nitrogens with one attached hydrogen (secondary N) is 1. The predicted octanol–water partition coefficient (Wildman–Crippen LogP) is 4.99. The van der Waals surface area contributed by atoms with Gasteiger partial charge in [0.05, 0.1) is 22.4 Å². The molecule has 3 aliphatic rings. The van der Waals surface area contributed by atoms with E-state index in [0.29, 0.717) is 0 Å². The first-order valence-electron chi connectivity index (χ1n) is 11.6. The highest BCUT2D eigenvalue weighted by atomic mass is 16.7. The molecular weight excluding hydrogens is 388 g/mol. The van der Waals surface area contributed by atoms with Crippen LogP contribution in [0.1, 0.15) is 74.3 Å². The molecule has 7 heteroatoms. The molecule has 0 bridgehead atoms. The van der Waals surface area contributed by atoms with Crippen LogP contribution >= 0.6 is 0 Å². The molecule has 1 atom stereocenters. The van der Waals surface area contributed by atoms with E-state index in [1.807, 2.05) is 0 Å². The Labute approximate surface area is 188 Å². The lowest BCUT2D eigenvalue weighted by molar-refractivity contribution is 0.00578. The Morgan fingerprint density at radius 3 is 1.81 bits per heavy atom. The molecule has 3 aliphatic heterocycles. The van der Waals surface area contributed by atoms with Crippen LogP contribution in [0.3, 0.4) is 0 Å². The summed E-state index contributed by atoms with van der Waals surface area (Å²) in [6.07, 6.45) is 1.68. The van der Waals surface area contributed by atoms with Gasteiger partial charge in [-0.05, 0) is 90.8 Å². The number of hydrogen-bond donors (Lipinski definition) is 1. The van der Waals surface area contributed by atoms with E-state index in [0.717, 1.165) is 23.8 Å². The van der Waals surface area contributed by atoms with Gasteiger partial charge in [-0.1, -0.05) is 25.1 Å². The number of rotatable bonds is 4. The van der Waals surface area contributed by atoms with Crippen LogP contribution in [0, 0.1) is 0 Å². The van der Waals surface area contributed by atoms with Gasteiger partial charge in [0.2, 0.25) is 0 Å². The van der Waals surface area contributed by atoms with Gasteiger partial charge in [-0.25, -0.2) is 0 Å². The lowest BCUT2D eigenvalue weighted by atomic mass is 9.61. The summed E-state index contributed by atoms with van der Waals surface area (Å²) in [6, 6.07) is 8.56. The molecule has 168 valence electrons. The molecule has 0 aliphatic carbocycles. The first-order valence-corrected chi connectivity index (χ1v) is 11.6. The van der Waals surface area contributed by atoms with Crippen molar-refractivity contribution in [1.29, 1.82) is 0 Å². The minimum absolute atomic E-state index is 0.0704. The Morgan fingerprint density at radius 2 is 1.32 bits per heavy atom. The number of benzene rings is 1. The second-order valence-electron chi connectivity index (χ2n) is 11.1. The minimum Gasteiger partial charge on any atom is -0.400 e. The average molecular weight is 425 g/mol. The largest absolute Gasteiger partial charge is 0.491 e. The summed E-state index contributed by atoms with van der Waals surface area (Å²) >= 11 is 0. The van der Waals surface area contributed by atoms with Crippen LogP contribution in [0.2, 0.25) is 0 Å². The van der Waals surface area contributed by atoms with Crippen molar-refractivity contribution in [2.24, 2.45) is 0 Å². The quantitative estimate of drug-likeness (QED) is 0.689. The molecule has 3 heterocycles. The van der Waals surface area contributed by atoms with Crippen LogP contribution in [-0.2, 0) is 25.0 Å². The highest BCUT2D eigenvalue weighted by molar-refractivity contribution is 6.62. The van der Waals surface area contributed by atoms with Gasteiger partial charge in [-0.15, -0.1) is 0 Å². The Morgan fingerprint density at radius 1 is 0.839 bits per heavy atom. The molecule has 1 aromatic carbocycles. The first kappa shape index (κ1) is 22.9. The molecule has 0 aromatic heterocycles. The smallest absolute Gasteiger partial charge is 0.400 e. The summed E-state index contributed by atoms with van der Waals surface area (Å²) in [5, 5.41) is 3.72. The fourth-order valence-corrected chi connectivity index (χ4v) is 4.49. The number of fused-ring (bicyclic) bond motifs is 1. The van der Waals surface area contributed by atoms with Crippen LogP contribution in [0.4, 0.5) is 5.69 Å². The summed E-state index contributed by atoms with van der Waals surface area (Å²) in [5.74, 6) is 0. The molecule has 0 amide bonds. The van der Waals surface area contributed by atoms with Crippen molar-refractivity contribution in [2.45, 2.75) is 104 Å². The first-order chi connectivity index (χ1) is 14.3. The van der Waals surface area contributed by atoms with Gasteiger partial charge in [0.15, 0.2) is 0 Å². The Balaban J connectivity index is 1.77. The standard InChI is InChI=1S/C24H37B2NO4/c1-10-17(25-28-21(2,3)22(4,5)29-25)20(26-30-23(6,7)24(8,9)31-26)19-15-16-13-11-12-14-18(16)27-19/h11-14,19,27H,10,15H2,1-9H3/b20-17-. The SMILES string of the molecule is CC/C(B1OC(C)(C)C(C)(C)O1)=C(/B1OC(C)(C)C(C)(C)O1)C1Cc2ccccc2N1. The predicted molar refractivity (Wildman–Crippen MR) is 127 cm³/mol. The van der Waals surface area contributed by atoms with Crippen LogP contribution in [0.5, 0.6) is 0 Å². The van der Waals surface area contributed by atoms with Gasteiger partial charge in [0.25, 0.3) is 0 Å². The molecular formula is C24H37B2NO4. The van der Waals surface area contributed by atoms with Gasteiger partial charge >= 0.3 is 14.2 Å². The van der Waals surface area contributed by atoms with Crippen molar-refractivity contribution in [1.82, 2.24) is 0 Å². The molecule has 31 heavy (non-hydrogen) atoms. The maximum Gasteiger partial charge on any atom is 0.491 e. The topological polar surface area (TPSA) is 49.0 Å². The Hall–Kier alpha value is -1.27. The second kappa shape index (κ2) is 7.38. The van der Waals surface area contributed by atoms with E-state index < -0.39 is 36.6 Å². The van der Waals surface area contributed by atoms with Gasteiger partial charge in [-0.3, -0.25) is 0 Å². The number of anilines is 1. The summed E-state index contributed by atoms with van der Waals surface area (Å²) in [5.41, 5.74) is 3.08. The zero-order chi connectivity index (χ0) is 22.8. The van der Waals surface area contributed by atoms with Crippen LogP contribution in [0.15, 0.2) is 35.2 Å². The normalized spacial score (nSPS) is 28.4. The Kier molecular flexibility index (Phi) is 5.45. The third-order valence-electron chi connectivity index (χ3n) is 7.94. The molecule has 0 radical (unpaired) electrons. The molecule has 2 fully saturated rings. The Bertz CT molecular complexity index is 836. The maximum absolute atomic E-state index is 6.55. The highest BCUT2D eigenvalue weighted by Gasteiger charge is 2.57. The van der Waals surface area contributed by atoms with Crippen molar-refractivity contribution < 1.29 is 18.6 Å². The van der Waals surface area contributed by atoms with Crippen molar-refractivity contribution in [3.63, 3.8) is 0 Å². The van der Waals surface area contributed by atoms with Crippen LogP contribution < -0.4 is 5.32 Å². The molecule has 0 spiro atoms. The van der Waals surface area contributed by atoms with E-state index in [-0.39, 0.29) is 6.04 Å². The van der Waals surface area contributed by atoms with Gasteiger partial charge in [0, 0.05) is 11.7 Å². The molecule has 5 nitrogen and oxygen atoms in total. The summed E-state index contributed by atoms with van der Waals surface area (Å²) in [6.45, 7) is 18.9. The monoisotopic (exact) mass is 425 g/mol. The molecule has 1 N–H and O–H groups in total. The van der Waals surface area contributed by atoms with E-state index in [1.54, 1.807) is 0 Å². The zero-order valence-corrected chi connectivity index (χ0v) is 20.6. The third kappa shape index (κ3) is 3.78. The van der Waals surface area contributed by atoms with Gasteiger partial charge in [0.1, 0.15) is 0 Å². The van der Waals surface area contributed by atoms with E-state index in [2.05, 4.69) is 91.9 Å². The van der Waals surface area contributed by atoms with E-state index in [1.165, 1.54) is 11.3 Å². The number of allylic oxidation sites excluding steroid dienone is 1. The third-order valence-corrected chi connectivity index (χ3v) is 7.94. The minimum atomic E-state index is -0.453. The van der Waals surface area contributed by atoms with Crippen molar-refractivity contribution in [3.8, 4) is 0 Å².